The number of rotatable bonds is 8. The first-order chi connectivity index (χ1) is 19.9. The average Bonchev–Trinajstić information content (AvgIpc) is 3.24. The number of hydrogen-bond donors (Lipinski definition) is 2. The summed E-state index contributed by atoms with van der Waals surface area (Å²) in [5.74, 6) is -0.0103. The minimum absolute atomic E-state index is 0.0559. The van der Waals surface area contributed by atoms with Gasteiger partial charge in [-0.2, -0.15) is 0 Å². The fourth-order valence-corrected chi connectivity index (χ4v) is 5.65. The maximum atomic E-state index is 13.9. The third-order valence-electron chi connectivity index (χ3n) is 7.78. The van der Waals surface area contributed by atoms with Crippen LogP contribution in [0.4, 0.5) is 20.6 Å². The lowest BCUT2D eigenvalue weighted by Gasteiger charge is -2.43. The van der Waals surface area contributed by atoms with Crippen LogP contribution in [0.3, 0.4) is 0 Å². The largest absolute Gasteiger partial charge is 0.496 e. The molecular formula is C31H34FN5O4. The molecule has 0 radical (unpaired) electrons. The van der Waals surface area contributed by atoms with Crippen molar-refractivity contribution in [1.29, 1.82) is 0 Å². The zero-order chi connectivity index (χ0) is 28.8. The van der Waals surface area contributed by atoms with Crippen LogP contribution in [-0.2, 0) is 16.0 Å². The molecule has 3 aromatic carbocycles. The summed E-state index contributed by atoms with van der Waals surface area (Å²) in [5, 5.41) is 5.67. The molecule has 2 N–H and O–H groups in total. The van der Waals surface area contributed by atoms with Gasteiger partial charge >= 0.3 is 6.03 Å². The van der Waals surface area contributed by atoms with E-state index in [1.165, 1.54) is 18.2 Å². The van der Waals surface area contributed by atoms with Gasteiger partial charge < -0.3 is 30.1 Å². The Hall–Kier alpha value is -4.60. The Balaban J connectivity index is 1.24. The second-order valence-corrected chi connectivity index (χ2v) is 10.3. The number of para-hydroxylation sites is 2. The van der Waals surface area contributed by atoms with Gasteiger partial charge in [0.05, 0.1) is 13.8 Å². The second kappa shape index (κ2) is 12.3. The van der Waals surface area contributed by atoms with E-state index < -0.39 is 11.4 Å². The van der Waals surface area contributed by atoms with E-state index in [4.69, 9.17) is 4.74 Å². The molecule has 3 aromatic rings. The molecular weight excluding hydrogens is 525 g/mol. The van der Waals surface area contributed by atoms with Crippen molar-refractivity contribution in [1.82, 2.24) is 15.1 Å². The lowest BCUT2D eigenvalue weighted by atomic mass is 9.85. The van der Waals surface area contributed by atoms with E-state index in [9.17, 15) is 18.8 Å². The summed E-state index contributed by atoms with van der Waals surface area (Å²) >= 11 is 0. The standard InChI is InChI=1S/C31H34FN5O4/c1-41-27-13-6-5-8-23(27)14-17-33-28(38)21-36-22-37(26-11-3-2-4-12-26)31(29(36)39)15-18-35(19-16-31)30(40)34-25-10-7-9-24(32)20-25/h2-13,20H,14-19,21-22H2,1H3,(H,33,38)(H,34,40). The van der Waals surface area contributed by atoms with Crippen LogP contribution in [0.1, 0.15) is 18.4 Å². The van der Waals surface area contributed by atoms with Crippen molar-refractivity contribution in [3.8, 4) is 5.75 Å². The molecule has 2 aliphatic heterocycles. The van der Waals surface area contributed by atoms with E-state index in [-0.39, 0.29) is 31.1 Å². The monoisotopic (exact) mass is 559 g/mol. The Bertz CT molecular complexity index is 1390. The summed E-state index contributed by atoms with van der Waals surface area (Å²) in [6.07, 6.45) is 1.42. The quantitative estimate of drug-likeness (QED) is 0.437. The highest BCUT2D eigenvalue weighted by atomic mass is 19.1. The summed E-state index contributed by atoms with van der Waals surface area (Å²) in [4.78, 5) is 45.0. The summed E-state index contributed by atoms with van der Waals surface area (Å²) in [6.45, 7) is 1.33. The number of carbonyl (C=O) groups is 3. The topological polar surface area (TPSA) is 94.2 Å². The molecule has 214 valence electrons. The smallest absolute Gasteiger partial charge is 0.321 e. The molecule has 4 amide bonds. The SMILES string of the molecule is COc1ccccc1CCNC(=O)CN1CN(c2ccccc2)C2(CCN(C(=O)Nc3cccc(F)c3)CC2)C1=O. The maximum absolute atomic E-state index is 13.9. The van der Waals surface area contributed by atoms with Crippen LogP contribution in [-0.4, -0.2) is 73.1 Å². The number of ether oxygens (including phenoxy) is 1. The lowest BCUT2D eigenvalue weighted by Crippen LogP contribution is -2.58. The molecule has 41 heavy (non-hydrogen) atoms. The number of nitrogens with zero attached hydrogens (tertiary/aromatic N) is 3. The first-order valence-electron chi connectivity index (χ1n) is 13.7. The van der Waals surface area contributed by atoms with Crippen molar-refractivity contribution in [3.05, 3.63) is 90.2 Å². The Morgan fingerprint density at radius 3 is 2.44 bits per heavy atom. The van der Waals surface area contributed by atoms with Gasteiger partial charge in [-0.1, -0.05) is 42.5 Å². The molecule has 2 saturated heterocycles. The molecule has 0 atom stereocenters. The first-order valence-corrected chi connectivity index (χ1v) is 13.7. The molecule has 0 unspecified atom stereocenters. The summed E-state index contributed by atoms with van der Waals surface area (Å²) in [7, 11) is 1.62. The number of piperidine rings is 1. The number of amides is 4. The molecule has 2 fully saturated rings. The number of halogens is 1. The highest BCUT2D eigenvalue weighted by Crippen LogP contribution is 2.39. The van der Waals surface area contributed by atoms with Gasteiger partial charge in [-0.25, -0.2) is 9.18 Å². The maximum Gasteiger partial charge on any atom is 0.321 e. The van der Waals surface area contributed by atoms with Gasteiger partial charge in [-0.15, -0.1) is 0 Å². The van der Waals surface area contributed by atoms with Crippen molar-refractivity contribution < 1.29 is 23.5 Å². The highest BCUT2D eigenvalue weighted by Gasteiger charge is 2.54. The van der Waals surface area contributed by atoms with Crippen molar-refractivity contribution in [2.45, 2.75) is 24.8 Å². The minimum Gasteiger partial charge on any atom is -0.496 e. The molecule has 1 spiro atoms. The predicted molar refractivity (Wildman–Crippen MR) is 154 cm³/mol. The van der Waals surface area contributed by atoms with Crippen LogP contribution in [0.2, 0.25) is 0 Å². The second-order valence-electron chi connectivity index (χ2n) is 10.3. The number of carbonyl (C=O) groups excluding carboxylic acids is 3. The van der Waals surface area contributed by atoms with Crippen LogP contribution in [0.25, 0.3) is 0 Å². The van der Waals surface area contributed by atoms with Crippen molar-refractivity contribution in [3.63, 3.8) is 0 Å². The molecule has 2 heterocycles. The zero-order valence-corrected chi connectivity index (χ0v) is 23.0. The number of nitrogens with one attached hydrogen (secondary N) is 2. The average molecular weight is 560 g/mol. The van der Waals surface area contributed by atoms with Crippen LogP contribution in [0.5, 0.6) is 5.75 Å². The fourth-order valence-electron chi connectivity index (χ4n) is 5.65. The highest BCUT2D eigenvalue weighted by molar-refractivity contribution is 5.97. The van der Waals surface area contributed by atoms with Gasteiger partial charge in [0.15, 0.2) is 0 Å². The number of anilines is 2. The Kier molecular flexibility index (Phi) is 8.37. The van der Waals surface area contributed by atoms with E-state index in [1.54, 1.807) is 23.0 Å². The summed E-state index contributed by atoms with van der Waals surface area (Å²) in [6, 6.07) is 22.7. The third-order valence-corrected chi connectivity index (χ3v) is 7.78. The Morgan fingerprint density at radius 2 is 1.71 bits per heavy atom. The van der Waals surface area contributed by atoms with Crippen LogP contribution < -0.4 is 20.3 Å². The van der Waals surface area contributed by atoms with E-state index in [0.717, 1.165) is 17.0 Å². The van der Waals surface area contributed by atoms with Crippen molar-refractivity contribution in [2.24, 2.45) is 0 Å². The van der Waals surface area contributed by atoms with Crippen molar-refractivity contribution in [2.75, 3.05) is 50.2 Å². The molecule has 0 aromatic heterocycles. The first kappa shape index (κ1) is 27.9. The minimum atomic E-state index is -0.866. The normalized spacial score (nSPS) is 16.1. The number of benzene rings is 3. The Labute approximate surface area is 238 Å². The van der Waals surface area contributed by atoms with Gasteiger partial charge in [-0.05, 0) is 61.2 Å². The van der Waals surface area contributed by atoms with Crippen molar-refractivity contribution >= 4 is 29.2 Å². The van der Waals surface area contributed by atoms with Gasteiger partial charge in [0.2, 0.25) is 5.91 Å². The van der Waals surface area contributed by atoms with Crippen LogP contribution in [0.15, 0.2) is 78.9 Å². The van der Waals surface area contributed by atoms with E-state index >= 15 is 0 Å². The Morgan fingerprint density at radius 1 is 0.976 bits per heavy atom. The lowest BCUT2D eigenvalue weighted by molar-refractivity contribution is -0.137. The number of urea groups is 1. The molecule has 0 saturated carbocycles. The predicted octanol–water partition coefficient (Wildman–Crippen LogP) is 3.87. The molecule has 10 heteroatoms. The molecule has 9 nitrogen and oxygen atoms in total. The van der Waals surface area contributed by atoms with E-state index in [1.807, 2.05) is 54.6 Å². The molecule has 2 aliphatic rings. The van der Waals surface area contributed by atoms with E-state index in [0.29, 0.717) is 44.6 Å². The van der Waals surface area contributed by atoms with Crippen LogP contribution >= 0.6 is 0 Å². The summed E-state index contributed by atoms with van der Waals surface area (Å²) < 4.78 is 18.9. The van der Waals surface area contributed by atoms with Crippen LogP contribution in [0, 0.1) is 5.82 Å². The number of likely N-dealkylation sites (tertiary alicyclic amines) is 1. The zero-order valence-electron chi connectivity index (χ0n) is 23.0. The fraction of sp³-hybridized carbons (Fsp3) is 0.323. The summed E-state index contributed by atoms with van der Waals surface area (Å²) in [5.41, 5.74) is 1.39. The number of hydrogen-bond acceptors (Lipinski definition) is 5. The van der Waals surface area contributed by atoms with Gasteiger partial charge in [0.1, 0.15) is 23.7 Å². The molecule has 0 aliphatic carbocycles. The number of methoxy groups -OCH3 is 1. The van der Waals surface area contributed by atoms with Gasteiger partial charge in [0.25, 0.3) is 5.91 Å². The van der Waals surface area contributed by atoms with E-state index in [2.05, 4.69) is 15.5 Å². The van der Waals surface area contributed by atoms with Gasteiger partial charge in [-0.3, -0.25) is 9.59 Å². The van der Waals surface area contributed by atoms with Gasteiger partial charge in [0, 0.05) is 31.0 Å². The molecule has 5 rings (SSSR count). The third kappa shape index (κ3) is 6.11. The molecule has 0 bridgehead atoms.